The highest BCUT2D eigenvalue weighted by atomic mass is 16.5. The number of pyridine rings is 1. The molecule has 0 atom stereocenters. The molecular formula is C7H8N4O. The van der Waals surface area contributed by atoms with Gasteiger partial charge in [-0.1, -0.05) is 0 Å². The Hall–Kier alpha value is -1.78. The molecule has 12 heavy (non-hydrogen) atoms. The minimum absolute atomic E-state index is 0.409. The summed E-state index contributed by atoms with van der Waals surface area (Å²) in [6, 6.07) is 1.65. The number of anilines is 1. The molecule has 0 radical (unpaired) electrons. The van der Waals surface area contributed by atoms with Crippen LogP contribution in [0.3, 0.4) is 0 Å². The van der Waals surface area contributed by atoms with Gasteiger partial charge in [0.05, 0.1) is 13.4 Å². The van der Waals surface area contributed by atoms with Crippen LogP contribution in [0.4, 0.5) is 5.82 Å². The van der Waals surface area contributed by atoms with E-state index in [1.807, 2.05) is 0 Å². The molecule has 0 saturated carbocycles. The van der Waals surface area contributed by atoms with Crippen molar-refractivity contribution in [3.05, 3.63) is 12.4 Å². The summed E-state index contributed by atoms with van der Waals surface area (Å²) in [6.45, 7) is 0. The highest BCUT2D eigenvalue weighted by Crippen LogP contribution is 2.22. The van der Waals surface area contributed by atoms with Crippen molar-refractivity contribution in [2.45, 2.75) is 0 Å². The first kappa shape index (κ1) is 6.90. The molecule has 0 spiro atoms. The fraction of sp³-hybridized carbons (Fsp3) is 0.143. The first-order valence-corrected chi connectivity index (χ1v) is 3.45. The van der Waals surface area contributed by atoms with Gasteiger partial charge in [0.1, 0.15) is 17.1 Å². The molecule has 0 aliphatic rings. The lowest BCUT2D eigenvalue weighted by atomic mass is 10.4. The molecule has 0 aromatic carbocycles. The minimum Gasteiger partial charge on any atom is -0.494 e. The number of imidazole rings is 1. The van der Waals surface area contributed by atoms with E-state index in [-0.39, 0.29) is 0 Å². The molecule has 0 bridgehead atoms. The molecule has 62 valence electrons. The highest BCUT2D eigenvalue weighted by molar-refractivity contribution is 5.79. The third kappa shape index (κ3) is 0.868. The van der Waals surface area contributed by atoms with Gasteiger partial charge in [-0.05, 0) is 0 Å². The Bertz CT molecular complexity index is 409. The molecule has 2 aromatic rings. The number of nitrogens with zero attached hydrogens (tertiary/aromatic N) is 2. The van der Waals surface area contributed by atoms with Crippen LogP contribution in [0.15, 0.2) is 12.4 Å². The van der Waals surface area contributed by atoms with Crippen LogP contribution in [0.2, 0.25) is 0 Å². The quantitative estimate of drug-likeness (QED) is 0.645. The van der Waals surface area contributed by atoms with Crippen molar-refractivity contribution in [3.63, 3.8) is 0 Å². The number of hydrogen-bond acceptors (Lipinski definition) is 4. The Labute approximate surface area is 68.6 Å². The number of methoxy groups -OCH3 is 1. The maximum absolute atomic E-state index is 5.51. The van der Waals surface area contributed by atoms with Crippen LogP contribution in [0.5, 0.6) is 5.75 Å². The summed E-state index contributed by atoms with van der Waals surface area (Å²) in [5.41, 5.74) is 6.86. The fourth-order valence-electron chi connectivity index (χ4n) is 1.08. The molecule has 0 unspecified atom stereocenters. The molecule has 0 aliphatic carbocycles. The number of hydrogen-bond donors (Lipinski definition) is 2. The van der Waals surface area contributed by atoms with E-state index in [0.717, 1.165) is 5.52 Å². The lowest BCUT2D eigenvalue weighted by Crippen LogP contribution is -1.93. The number of nitrogens with two attached hydrogens (primary N) is 1. The van der Waals surface area contributed by atoms with Gasteiger partial charge in [0.25, 0.3) is 0 Å². The summed E-state index contributed by atoms with van der Waals surface area (Å²) >= 11 is 0. The van der Waals surface area contributed by atoms with E-state index in [1.165, 1.54) is 0 Å². The van der Waals surface area contributed by atoms with Crippen LogP contribution >= 0.6 is 0 Å². The number of H-pyrrole nitrogens is 1. The van der Waals surface area contributed by atoms with E-state index < -0.39 is 0 Å². The minimum atomic E-state index is 0.409. The Kier molecular flexibility index (Phi) is 1.36. The second kappa shape index (κ2) is 2.37. The molecule has 0 amide bonds. The van der Waals surface area contributed by atoms with E-state index >= 15 is 0 Å². The van der Waals surface area contributed by atoms with Gasteiger partial charge in [0.2, 0.25) is 0 Å². The number of ether oxygens (including phenoxy) is 1. The molecule has 0 saturated heterocycles. The monoisotopic (exact) mass is 164 g/mol. The smallest absolute Gasteiger partial charge is 0.183 e. The zero-order valence-corrected chi connectivity index (χ0v) is 6.53. The fourth-order valence-corrected chi connectivity index (χ4v) is 1.08. The predicted molar refractivity (Wildman–Crippen MR) is 44.9 cm³/mol. The number of aromatic nitrogens is 3. The summed E-state index contributed by atoms with van der Waals surface area (Å²) in [4.78, 5) is 10.9. The normalized spacial score (nSPS) is 10.4. The van der Waals surface area contributed by atoms with Gasteiger partial charge in [-0.15, -0.1) is 0 Å². The van der Waals surface area contributed by atoms with Crippen LogP contribution in [-0.4, -0.2) is 22.1 Å². The first-order valence-electron chi connectivity index (χ1n) is 3.45. The summed E-state index contributed by atoms with van der Waals surface area (Å²) in [5.74, 6) is 1.07. The average molecular weight is 164 g/mol. The second-order valence-electron chi connectivity index (χ2n) is 2.35. The van der Waals surface area contributed by atoms with E-state index in [2.05, 4.69) is 15.0 Å². The third-order valence-corrected chi connectivity index (χ3v) is 1.60. The van der Waals surface area contributed by atoms with Gasteiger partial charge in [0.15, 0.2) is 5.65 Å². The van der Waals surface area contributed by atoms with Gasteiger partial charge in [-0.2, -0.15) is 0 Å². The van der Waals surface area contributed by atoms with Crippen molar-refractivity contribution in [1.29, 1.82) is 0 Å². The number of rotatable bonds is 1. The van der Waals surface area contributed by atoms with Crippen molar-refractivity contribution in [2.24, 2.45) is 0 Å². The summed E-state index contributed by atoms with van der Waals surface area (Å²) < 4.78 is 5.08. The van der Waals surface area contributed by atoms with E-state index in [9.17, 15) is 0 Å². The summed E-state index contributed by atoms with van der Waals surface area (Å²) in [6.07, 6.45) is 1.56. The molecular weight excluding hydrogens is 156 g/mol. The Morgan fingerprint density at radius 2 is 2.42 bits per heavy atom. The molecule has 3 N–H and O–H groups in total. The number of aromatic amines is 1. The Morgan fingerprint density at radius 3 is 3.17 bits per heavy atom. The van der Waals surface area contributed by atoms with Gasteiger partial charge in [-0.3, -0.25) is 0 Å². The van der Waals surface area contributed by atoms with Crippen molar-refractivity contribution in [2.75, 3.05) is 12.8 Å². The highest BCUT2D eigenvalue weighted by Gasteiger charge is 2.05. The van der Waals surface area contributed by atoms with E-state index in [1.54, 1.807) is 19.5 Å². The van der Waals surface area contributed by atoms with Crippen molar-refractivity contribution < 1.29 is 4.74 Å². The van der Waals surface area contributed by atoms with Crippen LogP contribution in [0.1, 0.15) is 0 Å². The zero-order valence-electron chi connectivity index (χ0n) is 6.53. The van der Waals surface area contributed by atoms with Crippen LogP contribution in [-0.2, 0) is 0 Å². The average Bonchev–Trinajstić information content (AvgIpc) is 2.50. The van der Waals surface area contributed by atoms with Gasteiger partial charge < -0.3 is 15.5 Å². The van der Waals surface area contributed by atoms with E-state index in [4.69, 9.17) is 10.5 Å². The summed E-state index contributed by atoms with van der Waals surface area (Å²) in [5, 5.41) is 0. The van der Waals surface area contributed by atoms with Crippen molar-refractivity contribution in [3.8, 4) is 5.75 Å². The molecule has 2 aromatic heterocycles. The maximum atomic E-state index is 5.51. The number of fused-ring (bicyclic) bond motifs is 1. The van der Waals surface area contributed by atoms with Gasteiger partial charge >= 0.3 is 0 Å². The van der Waals surface area contributed by atoms with Gasteiger partial charge in [0, 0.05) is 6.07 Å². The lowest BCUT2D eigenvalue weighted by Gasteiger charge is -2.00. The van der Waals surface area contributed by atoms with Crippen molar-refractivity contribution >= 4 is 17.0 Å². The lowest BCUT2D eigenvalue weighted by molar-refractivity contribution is 0.419. The molecule has 0 fully saturated rings. The topological polar surface area (TPSA) is 76.8 Å². The largest absolute Gasteiger partial charge is 0.494 e. The van der Waals surface area contributed by atoms with Gasteiger partial charge in [-0.25, -0.2) is 9.97 Å². The Morgan fingerprint density at radius 1 is 1.58 bits per heavy atom. The number of nitrogen functional groups attached to an aromatic ring is 1. The zero-order chi connectivity index (χ0) is 8.55. The Balaban J connectivity index is 2.80. The van der Waals surface area contributed by atoms with E-state index in [0.29, 0.717) is 17.2 Å². The molecule has 2 rings (SSSR count). The first-order chi connectivity index (χ1) is 5.81. The van der Waals surface area contributed by atoms with Crippen LogP contribution in [0, 0.1) is 0 Å². The molecule has 0 aliphatic heterocycles. The summed E-state index contributed by atoms with van der Waals surface area (Å²) in [7, 11) is 1.58. The molecule has 5 heteroatoms. The maximum Gasteiger partial charge on any atom is 0.183 e. The number of nitrogens with one attached hydrogen (secondary N) is 1. The van der Waals surface area contributed by atoms with Crippen LogP contribution in [0.25, 0.3) is 11.2 Å². The second-order valence-corrected chi connectivity index (χ2v) is 2.35. The van der Waals surface area contributed by atoms with Crippen molar-refractivity contribution in [1.82, 2.24) is 15.0 Å². The standard InChI is InChI=1S/C7H8N4O/c1-12-4-2-5(8)11-7-6(4)9-3-10-7/h2-3H,1H3,(H3,8,9,10,11). The predicted octanol–water partition coefficient (Wildman–Crippen LogP) is 0.549. The third-order valence-electron chi connectivity index (χ3n) is 1.60. The van der Waals surface area contributed by atoms with Crippen LogP contribution < -0.4 is 10.5 Å². The SMILES string of the molecule is COc1cc(N)nc2nc[nH]c12. The molecule has 5 nitrogen and oxygen atoms in total. The molecule has 2 heterocycles.